The largest absolute Gasteiger partial charge is 0.493 e. The summed E-state index contributed by atoms with van der Waals surface area (Å²) in [5.41, 5.74) is 6.69. The Hall–Kier alpha value is -1.58. The lowest BCUT2D eigenvalue weighted by molar-refractivity contribution is -0.0531. The molecule has 0 aromatic heterocycles. The number of nitrogens with one attached hydrogen (secondary N) is 3. The highest BCUT2D eigenvalue weighted by molar-refractivity contribution is 5.45. The molecule has 0 amide bonds. The van der Waals surface area contributed by atoms with Crippen LogP contribution in [0.3, 0.4) is 0 Å². The molecule has 8 nitrogen and oxygen atoms in total. The predicted molar refractivity (Wildman–Crippen MR) is 111 cm³/mol. The van der Waals surface area contributed by atoms with Gasteiger partial charge in [0, 0.05) is 37.2 Å². The van der Waals surface area contributed by atoms with E-state index in [9.17, 15) is 5.11 Å². The monoisotopic (exact) mass is 409 g/mol. The maximum atomic E-state index is 10.2. The van der Waals surface area contributed by atoms with Gasteiger partial charge in [-0.1, -0.05) is 0 Å². The molecule has 5 atom stereocenters. The Morgan fingerprint density at radius 3 is 2.79 bits per heavy atom. The molecule has 2 fully saturated rings. The number of aliphatic hydroxyl groups is 1. The van der Waals surface area contributed by atoms with Gasteiger partial charge in [-0.25, -0.2) is 0 Å². The van der Waals surface area contributed by atoms with Gasteiger partial charge in [0.1, 0.15) is 12.4 Å². The minimum absolute atomic E-state index is 0.203. The Balaban J connectivity index is 1.31. The van der Waals surface area contributed by atoms with Crippen LogP contribution in [0, 0.1) is 5.92 Å². The molecular formula is C21H35N3O5. The molecule has 4 N–H and O–H groups in total. The molecule has 1 aromatic rings. The van der Waals surface area contributed by atoms with Crippen molar-refractivity contribution in [3.63, 3.8) is 0 Å². The van der Waals surface area contributed by atoms with Gasteiger partial charge in [-0.15, -0.1) is 0 Å². The van der Waals surface area contributed by atoms with Gasteiger partial charge in [-0.2, -0.15) is 0 Å². The highest BCUT2D eigenvalue weighted by Crippen LogP contribution is 2.32. The van der Waals surface area contributed by atoms with Crippen molar-refractivity contribution in [2.45, 2.75) is 50.5 Å². The summed E-state index contributed by atoms with van der Waals surface area (Å²) >= 11 is 0. The van der Waals surface area contributed by atoms with Crippen molar-refractivity contribution in [1.82, 2.24) is 16.2 Å². The summed E-state index contributed by atoms with van der Waals surface area (Å²) < 4.78 is 22.3. The first-order chi connectivity index (χ1) is 14.1. The van der Waals surface area contributed by atoms with Crippen LogP contribution in [-0.2, 0) is 4.74 Å². The van der Waals surface area contributed by atoms with E-state index in [0.29, 0.717) is 61.6 Å². The molecule has 1 aromatic carbocycles. The van der Waals surface area contributed by atoms with E-state index < -0.39 is 6.10 Å². The quantitative estimate of drug-likeness (QED) is 0.404. The Kier molecular flexibility index (Phi) is 8.38. The van der Waals surface area contributed by atoms with Gasteiger partial charge in [0.2, 0.25) is 0 Å². The maximum absolute atomic E-state index is 10.2. The first kappa shape index (κ1) is 22.1. The van der Waals surface area contributed by atoms with Crippen LogP contribution in [-0.4, -0.2) is 69.9 Å². The summed E-state index contributed by atoms with van der Waals surface area (Å²) in [6, 6.07) is 6.33. The zero-order chi connectivity index (χ0) is 20.6. The SMILES string of the molecule is COc1ccc(OCCNC[C@H](O)COC2CCCC3NNC(C)C32)cc1OC. The summed E-state index contributed by atoms with van der Waals surface area (Å²) in [5, 5.41) is 13.5. The third-order valence-electron chi connectivity index (χ3n) is 5.76. The second kappa shape index (κ2) is 11.0. The second-order valence-electron chi connectivity index (χ2n) is 7.79. The van der Waals surface area contributed by atoms with Crippen molar-refractivity contribution in [2.75, 3.05) is 40.5 Å². The predicted octanol–water partition coefficient (Wildman–Crippen LogP) is 1.08. The molecule has 4 unspecified atom stereocenters. The van der Waals surface area contributed by atoms with Crippen molar-refractivity contribution in [1.29, 1.82) is 0 Å². The lowest BCUT2D eigenvalue weighted by Crippen LogP contribution is -2.43. The fraction of sp³-hybridized carbons (Fsp3) is 0.714. The van der Waals surface area contributed by atoms with Crippen molar-refractivity contribution < 1.29 is 24.1 Å². The van der Waals surface area contributed by atoms with Crippen LogP contribution < -0.4 is 30.4 Å². The lowest BCUT2D eigenvalue weighted by atomic mass is 9.80. The van der Waals surface area contributed by atoms with Crippen LogP contribution in [0.5, 0.6) is 17.2 Å². The Labute approximate surface area is 173 Å². The Morgan fingerprint density at radius 2 is 2.00 bits per heavy atom. The maximum Gasteiger partial charge on any atom is 0.164 e. The summed E-state index contributed by atoms with van der Waals surface area (Å²) in [4.78, 5) is 0. The van der Waals surface area contributed by atoms with E-state index in [1.165, 1.54) is 6.42 Å². The van der Waals surface area contributed by atoms with E-state index >= 15 is 0 Å². The molecule has 164 valence electrons. The van der Waals surface area contributed by atoms with Crippen molar-refractivity contribution in [3.8, 4) is 17.2 Å². The van der Waals surface area contributed by atoms with Crippen LogP contribution in [0.2, 0.25) is 0 Å². The molecule has 1 saturated heterocycles. The highest BCUT2D eigenvalue weighted by atomic mass is 16.5. The highest BCUT2D eigenvalue weighted by Gasteiger charge is 2.41. The van der Waals surface area contributed by atoms with Crippen LogP contribution in [0.4, 0.5) is 0 Å². The van der Waals surface area contributed by atoms with Gasteiger partial charge < -0.3 is 29.4 Å². The summed E-state index contributed by atoms with van der Waals surface area (Å²) in [7, 11) is 3.20. The van der Waals surface area contributed by atoms with Crippen molar-refractivity contribution in [2.24, 2.45) is 5.92 Å². The summed E-state index contributed by atoms with van der Waals surface area (Å²) in [5.74, 6) is 2.49. The number of hydrogen-bond acceptors (Lipinski definition) is 8. The number of rotatable bonds is 11. The molecule has 2 aliphatic rings. The van der Waals surface area contributed by atoms with E-state index in [0.717, 1.165) is 12.8 Å². The molecule has 3 rings (SSSR count). The Bertz CT molecular complexity index is 630. The number of hydrazine groups is 1. The van der Waals surface area contributed by atoms with Crippen molar-refractivity contribution in [3.05, 3.63) is 18.2 Å². The third kappa shape index (κ3) is 5.96. The van der Waals surface area contributed by atoms with Gasteiger partial charge in [0.05, 0.1) is 33.0 Å². The molecule has 1 saturated carbocycles. The van der Waals surface area contributed by atoms with E-state index in [2.05, 4.69) is 23.1 Å². The van der Waals surface area contributed by atoms with E-state index in [1.54, 1.807) is 20.3 Å². The van der Waals surface area contributed by atoms with E-state index in [4.69, 9.17) is 18.9 Å². The first-order valence-electron chi connectivity index (χ1n) is 10.5. The normalized spacial score (nSPS) is 27.3. The molecule has 29 heavy (non-hydrogen) atoms. The average molecular weight is 410 g/mol. The topological polar surface area (TPSA) is 93.2 Å². The molecule has 1 heterocycles. The number of hydrogen-bond donors (Lipinski definition) is 4. The number of benzene rings is 1. The van der Waals surface area contributed by atoms with Gasteiger partial charge in [-0.05, 0) is 38.3 Å². The smallest absolute Gasteiger partial charge is 0.164 e. The minimum Gasteiger partial charge on any atom is -0.493 e. The van der Waals surface area contributed by atoms with Gasteiger partial charge in [0.15, 0.2) is 11.5 Å². The molecule has 0 radical (unpaired) electrons. The molecular weight excluding hydrogens is 374 g/mol. The standard InChI is InChI=1S/C21H35N3O5/c1-14-21-17(24-23-14)5-4-6-19(21)29-13-15(25)12-22-9-10-28-16-7-8-18(26-2)20(11-16)27-3/h7-8,11,14-15,17,19,21-25H,4-6,9-10,12-13H2,1-3H3/t14?,15-,17?,19?,21?/m0/s1. The third-order valence-corrected chi connectivity index (χ3v) is 5.76. The zero-order valence-electron chi connectivity index (χ0n) is 17.6. The second-order valence-corrected chi connectivity index (χ2v) is 7.79. The molecule has 1 aliphatic carbocycles. The first-order valence-corrected chi connectivity index (χ1v) is 10.5. The summed E-state index contributed by atoms with van der Waals surface area (Å²) in [6.45, 7) is 4.14. The number of ether oxygens (including phenoxy) is 4. The zero-order valence-corrected chi connectivity index (χ0v) is 17.6. The molecule has 1 aliphatic heterocycles. The number of fused-ring (bicyclic) bond motifs is 1. The van der Waals surface area contributed by atoms with Crippen LogP contribution in [0.25, 0.3) is 0 Å². The van der Waals surface area contributed by atoms with E-state index in [-0.39, 0.29) is 6.10 Å². The Morgan fingerprint density at radius 1 is 1.17 bits per heavy atom. The summed E-state index contributed by atoms with van der Waals surface area (Å²) in [6.07, 6.45) is 3.08. The van der Waals surface area contributed by atoms with E-state index in [1.807, 2.05) is 12.1 Å². The van der Waals surface area contributed by atoms with Gasteiger partial charge in [-0.3, -0.25) is 10.9 Å². The van der Waals surface area contributed by atoms with Gasteiger partial charge in [0.25, 0.3) is 0 Å². The molecule has 0 spiro atoms. The minimum atomic E-state index is -0.533. The molecule has 8 heteroatoms. The van der Waals surface area contributed by atoms with Crippen LogP contribution in [0.15, 0.2) is 18.2 Å². The molecule has 0 bridgehead atoms. The van der Waals surface area contributed by atoms with Gasteiger partial charge >= 0.3 is 0 Å². The fourth-order valence-corrected chi connectivity index (χ4v) is 4.26. The number of methoxy groups -OCH3 is 2. The fourth-order valence-electron chi connectivity index (χ4n) is 4.26. The van der Waals surface area contributed by atoms with Crippen LogP contribution in [0.1, 0.15) is 26.2 Å². The van der Waals surface area contributed by atoms with Crippen LogP contribution >= 0.6 is 0 Å². The lowest BCUT2D eigenvalue weighted by Gasteiger charge is -2.35. The van der Waals surface area contributed by atoms with Crippen molar-refractivity contribution >= 4 is 0 Å². The average Bonchev–Trinajstić information content (AvgIpc) is 3.13. The number of aliphatic hydroxyl groups excluding tert-OH is 1.